The highest BCUT2D eigenvalue weighted by atomic mass is 35.5. The lowest BCUT2D eigenvalue weighted by molar-refractivity contribution is 0.0937. The largest absolute Gasteiger partial charge is 0.355 e. The van der Waals surface area contributed by atoms with Crippen LogP contribution in [-0.4, -0.2) is 42.1 Å². The number of nitrogens with one attached hydrogen (secondary N) is 1. The van der Waals surface area contributed by atoms with E-state index in [-0.39, 0.29) is 5.91 Å². The zero-order chi connectivity index (χ0) is 16.1. The molecule has 1 saturated heterocycles. The highest BCUT2D eigenvalue weighted by molar-refractivity contribution is 6.30. The standard InChI is InChI=1S/C17H20ClN3O2/c18-14-6-4-13(5-7-14)16-12-15(20-23-16)17(22)19-8-11-21-9-2-1-3-10-21/h4-7,12H,1-3,8-11H2,(H,19,22). The molecule has 122 valence electrons. The van der Waals surface area contributed by atoms with E-state index in [1.807, 2.05) is 12.1 Å². The van der Waals surface area contributed by atoms with Crippen LogP contribution in [0.15, 0.2) is 34.9 Å². The van der Waals surface area contributed by atoms with Gasteiger partial charge in [-0.15, -0.1) is 0 Å². The Hall–Kier alpha value is -1.85. The number of nitrogens with zero attached hydrogens (tertiary/aromatic N) is 2. The summed E-state index contributed by atoms with van der Waals surface area (Å²) < 4.78 is 5.24. The maximum Gasteiger partial charge on any atom is 0.273 e. The van der Waals surface area contributed by atoms with E-state index < -0.39 is 0 Å². The Bertz CT molecular complexity index is 648. The molecule has 0 aliphatic carbocycles. The molecule has 2 heterocycles. The van der Waals surface area contributed by atoms with Gasteiger partial charge in [0.05, 0.1) is 0 Å². The monoisotopic (exact) mass is 333 g/mol. The van der Waals surface area contributed by atoms with Crippen LogP contribution in [0.25, 0.3) is 11.3 Å². The Morgan fingerprint density at radius 1 is 1.22 bits per heavy atom. The summed E-state index contributed by atoms with van der Waals surface area (Å²) in [6.45, 7) is 3.76. The highest BCUT2D eigenvalue weighted by Crippen LogP contribution is 2.22. The summed E-state index contributed by atoms with van der Waals surface area (Å²) in [4.78, 5) is 14.5. The van der Waals surface area contributed by atoms with Crippen molar-refractivity contribution in [3.05, 3.63) is 41.0 Å². The van der Waals surface area contributed by atoms with Crippen molar-refractivity contribution >= 4 is 17.5 Å². The van der Waals surface area contributed by atoms with Gasteiger partial charge in [0.1, 0.15) is 0 Å². The molecule has 0 unspecified atom stereocenters. The third-order valence-corrected chi connectivity index (χ3v) is 4.29. The summed E-state index contributed by atoms with van der Waals surface area (Å²) in [6.07, 6.45) is 3.82. The molecule has 1 aliphatic heterocycles. The molecule has 1 aromatic heterocycles. The van der Waals surface area contributed by atoms with Crippen LogP contribution in [0.5, 0.6) is 0 Å². The average molecular weight is 334 g/mol. The smallest absolute Gasteiger partial charge is 0.273 e. The Morgan fingerprint density at radius 3 is 2.70 bits per heavy atom. The van der Waals surface area contributed by atoms with Crippen molar-refractivity contribution < 1.29 is 9.32 Å². The lowest BCUT2D eigenvalue weighted by atomic mass is 10.1. The van der Waals surface area contributed by atoms with Gasteiger partial charge in [0.2, 0.25) is 0 Å². The molecule has 0 bridgehead atoms. The molecular weight excluding hydrogens is 314 g/mol. The number of halogens is 1. The molecule has 5 nitrogen and oxygen atoms in total. The van der Waals surface area contributed by atoms with Gasteiger partial charge < -0.3 is 14.7 Å². The maximum absolute atomic E-state index is 12.1. The van der Waals surface area contributed by atoms with E-state index in [2.05, 4.69) is 15.4 Å². The molecule has 23 heavy (non-hydrogen) atoms. The number of benzene rings is 1. The van der Waals surface area contributed by atoms with Crippen LogP contribution in [-0.2, 0) is 0 Å². The van der Waals surface area contributed by atoms with Gasteiger partial charge in [-0.1, -0.05) is 23.2 Å². The van der Waals surface area contributed by atoms with Gasteiger partial charge in [0, 0.05) is 29.7 Å². The second kappa shape index (κ2) is 7.62. The van der Waals surface area contributed by atoms with E-state index in [1.54, 1.807) is 18.2 Å². The fourth-order valence-electron chi connectivity index (χ4n) is 2.73. The molecule has 1 fully saturated rings. The van der Waals surface area contributed by atoms with Crippen molar-refractivity contribution in [1.29, 1.82) is 0 Å². The predicted molar refractivity (Wildman–Crippen MR) is 89.6 cm³/mol. The van der Waals surface area contributed by atoms with E-state index >= 15 is 0 Å². The number of rotatable bonds is 5. The molecule has 2 aromatic rings. The number of carbonyl (C=O) groups is 1. The Morgan fingerprint density at radius 2 is 1.96 bits per heavy atom. The summed E-state index contributed by atoms with van der Waals surface area (Å²) in [6, 6.07) is 8.87. The van der Waals surface area contributed by atoms with Crippen molar-refractivity contribution in [2.45, 2.75) is 19.3 Å². The SMILES string of the molecule is O=C(NCCN1CCCCC1)c1cc(-c2ccc(Cl)cc2)on1. The van der Waals surface area contributed by atoms with Crippen LogP contribution in [0.4, 0.5) is 0 Å². The molecule has 1 N–H and O–H groups in total. The number of hydrogen-bond donors (Lipinski definition) is 1. The average Bonchev–Trinajstić information content (AvgIpc) is 3.06. The lowest BCUT2D eigenvalue weighted by Crippen LogP contribution is -2.37. The minimum Gasteiger partial charge on any atom is -0.355 e. The summed E-state index contributed by atoms with van der Waals surface area (Å²) >= 11 is 5.86. The van der Waals surface area contributed by atoms with Gasteiger partial charge in [0.15, 0.2) is 11.5 Å². The summed E-state index contributed by atoms with van der Waals surface area (Å²) in [5.74, 6) is 0.355. The van der Waals surface area contributed by atoms with E-state index in [0.29, 0.717) is 23.0 Å². The van der Waals surface area contributed by atoms with Crippen molar-refractivity contribution in [2.75, 3.05) is 26.2 Å². The Labute approximate surface area is 140 Å². The number of hydrogen-bond acceptors (Lipinski definition) is 4. The summed E-state index contributed by atoms with van der Waals surface area (Å²) in [5.41, 5.74) is 1.14. The molecule has 3 rings (SSSR count). The number of likely N-dealkylation sites (tertiary alicyclic amines) is 1. The van der Waals surface area contributed by atoms with Crippen LogP contribution in [0.2, 0.25) is 5.02 Å². The van der Waals surface area contributed by atoms with Gasteiger partial charge >= 0.3 is 0 Å². The molecule has 0 atom stereocenters. The first-order valence-electron chi connectivity index (χ1n) is 7.95. The van der Waals surface area contributed by atoms with E-state index in [1.165, 1.54) is 19.3 Å². The molecule has 6 heteroatoms. The maximum atomic E-state index is 12.1. The highest BCUT2D eigenvalue weighted by Gasteiger charge is 2.14. The zero-order valence-electron chi connectivity index (χ0n) is 12.9. The second-order valence-electron chi connectivity index (χ2n) is 5.74. The van der Waals surface area contributed by atoms with Crippen molar-refractivity contribution in [3.8, 4) is 11.3 Å². The fraction of sp³-hybridized carbons (Fsp3) is 0.412. The van der Waals surface area contributed by atoms with E-state index in [0.717, 1.165) is 25.2 Å². The topological polar surface area (TPSA) is 58.4 Å². The molecule has 1 amide bonds. The number of piperidine rings is 1. The van der Waals surface area contributed by atoms with Crippen LogP contribution in [0, 0.1) is 0 Å². The van der Waals surface area contributed by atoms with Gasteiger partial charge in [0.25, 0.3) is 5.91 Å². The quantitative estimate of drug-likeness (QED) is 0.912. The molecular formula is C17H20ClN3O2. The third kappa shape index (κ3) is 4.33. The first kappa shape index (κ1) is 16.0. The first-order chi connectivity index (χ1) is 11.2. The van der Waals surface area contributed by atoms with E-state index in [4.69, 9.17) is 16.1 Å². The minimum atomic E-state index is -0.203. The van der Waals surface area contributed by atoms with Crippen molar-refractivity contribution in [1.82, 2.24) is 15.4 Å². The van der Waals surface area contributed by atoms with Crippen LogP contribution in [0.3, 0.4) is 0 Å². The first-order valence-corrected chi connectivity index (χ1v) is 8.33. The van der Waals surface area contributed by atoms with Gasteiger partial charge in [-0.3, -0.25) is 4.79 Å². The minimum absolute atomic E-state index is 0.203. The van der Waals surface area contributed by atoms with Gasteiger partial charge in [-0.2, -0.15) is 0 Å². The Kier molecular flexibility index (Phi) is 5.31. The van der Waals surface area contributed by atoms with Crippen molar-refractivity contribution in [2.24, 2.45) is 0 Å². The number of amides is 1. The number of aromatic nitrogens is 1. The Balaban J connectivity index is 1.52. The molecule has 1 aliphatic rings. The lowest BCUT2D eigenvalue weighted by Gasteiger charge is -2.26. The van der Waals surface area contributed by atoms with Crippen LogP contribution < -0.4 is 5.32 Å². The predicted octanol–water partition coefficient (Wildman–Crippen LogP) is 3.21. The van der Waals surface area contributed by atoms with Crippen molar-refractivity contribution in [3.63, 3.8) is 0 Å². The fourth-order valence-corrected chi connectivity index (χ4v) is 2.86. The van der Waals surface area contributed by atoms with Gasteiger partial charge in [-0.05, 0) is 50.2 Å². The molecule has 0 spiro atoms. The summed E-state index contributed by atoms with van der Waals surface area (Å²) in [7, 11) is 0. The second-order valence-corrected chi connectivity index (χ2v) is 6.18. The number of carbonyl (C=O) groups excluding carboxylic acids is 1. The molecule has 1 aromatic carbocycles. The summed E-state index contributed by atoms with van der Waals surface area (Å²) in [5, 5.41) is 7.40. The third-order valence-electron chi connectivity index (χ3n) is 4.03. The van der Waals surface area contributed by atoms with Crippen LogP contribution in [0.1, 0.15) is 29.8 Å². The zero-order valence-corrected chi connectivity index (χ0v) is 13.7. The van der Waals surface area contributed by atoms with Gasteiger partial charge in [-0.25, -0.2) is 0 Å². The normalized spacial score (nSPS) is 15.5. The molecule has 0 radical (unpaired) electrons. The van der Waals surface area contributed by atoms with Crippen LogP contribution >= 0.6 is 11.6 Å². The molecule has 0 saturated carbocycles. The van der Waals surface area contributed by atoms with E-state index in [9.17, 15) is 4.79 Å².